The van der Waals surface area contributed by atoms with E-state index in [9.17, 15) is 9.59 Å². The lowest BCUT2D eigenvalue weighted by atomic mass is 10.2. The molecule has 2 heterocycles. The fourth-order valence-corrected chi connectivity index (χ4v) is 3.90. The number of carbonyl (C=O) groups is 2. The highest BCUT2D eigenvalue weighted by Crippen LogP contribution is 2.33. The molecule has 3 rings (SSSR count). The zero-order valence-electron chi connectivity index (χ0n) is 14.1. The smallest absolute Gasteiger partial charge is 0.323 e. The van der Waals surface area contributed by atoms with Crippen molar-refractivity contribution in [3.63, 3.8) is 0 Å². The average molecular weight is 388 g/mol. The highest BCUT2D eigenvalue weighted by Gasteiger charge is 2.33. The van der Waals surface area contributed by atoms with Crippen molar-refractivity contribution in [1.82, 2.24) is 9.47 Å². The maximum absolute atomic E-state index is 12.5. The predicted molar refractivity (Wildman–Crippen MR) is 105 cm³/mol. The van der Waals surface area contributed by atoms with Gasteiger partial charge in [0, 0.05) is 17.1 Å². The molecule has 134 valence electrons. The molecule has 1 amide bonds. The summed E-state index contributed by atoms with van der Waals surface area (Å²) >= 11 is 6.24. The average Bonchev–Trinajstić information content (AvgIpc) is 3.10. The molecule has 0 bridgehead atoms. The number of aromatic nitrogens is 1. The highest BCUT2D eigenvalue weighted by molar-refractivity contribution is 8.26. The molecule has 2 aromatic rings. The van der Waals surface area contributed by atoms with E-state index in [2.05, 4.69) is 0 Å². The number of thiocarbonyl (C=S) groups is 1. The number of ether oxygens (including phenoxy) is 1. The van der Waals surface area contributed by atoms with Gasteiger partial charge in [0.15, 0.2) is 0 Å². The number of methoxy groups -OCH3 is 1. The maximum Gasteiger partial charge on any atom is 0.323 e. The lowest BCUT2D eigenvalue weighted by molar-refractivity contribution is -0.140. The van der Waals surface area contributed by atoms with Crippen LogP contribution in [0.2, 0.25) is 0 Å². The van der Waals surface area contributed by atoms with Gasteiger partial charge in [-0.1, -0.05) is 24.0 Å². The third kappa shape index (κ3) is 3.51. The first-order chi connectivity index (χ1) is 12.4. The van der Waals surface area contributed by atoms with Crippen LogP contribution in [0.3, 0.4) is 0 Å². The third-order valence-corrected chi connectivity index (χ3v) is 5.26. The SMILES string of the molecule is COc1ccc(-n2c(C)ccc2/C=C2/SC(=S)N(CC(=O)O)C2=O)cc1. The fourth-order valence-electron chi connectivity index (χ4n) is 2.66. The van der Waals surface area contributed by atoms with Gasteiger partial charge in [0.05, 0.1) is 12.0 Å². The lowest BCUT2D eigenvalue weighted by Gasteiger charge is -2.11. The van der Waals surface area contributed by atoms with Crippen molar-refractivity contribution in [3.05, 3.63) is 52.7 Å². The van der Waals surface area contributed by atoms with Crippen LogP contribution in [-0.4, -0.2) is 44.4 Å². The molecular formula is C18H16N2O4S2. The molecule has 0 aliphatic carbocycles. The summed E-state index contributed by atoms with van der Waals surface area (Å²) in [7, 11) is 1.61. The van der Waals surface area contributed by atoms with Crippen molar-refractivity contribution in [3.8, 4) is 11.4 Å². The van der Waals surface area contributed by atoms with Gasteiger partial charge in [-0.3, -0.25) is 14.5 Å². The second-order valence-corrected chi connectivity index (χ2v) is 7.27. The van der Waals surface area contributed by atoms with Gasteiger partial charge in [-0.25, -0.2) is 0 Å². The van der Waals surface area contributed by atoms with Crippen LogP contribution in [0.1, 0.15) is 11.4 Å². The Morgan fingerprint density at radius 3 is 2.58 bits per heavy atom. The molecule has 1 fully saturated rings. The van der Waals surface area contributed by atoms with Crippen LogP contribution >= 0.6 is 24.0 Å². The van der Waals surface area contributed by atoms with Crippen molar-refractivity contribution in [2.75, 3.05) is 13.7 Å². The number of thioether (sulfide) groups is 1. The Kier molecular flexibility index (Phi) is 5.15. The van der Waals surface area contributed by atoms with Gasteiger partial charge in [-0.05, 0) is 49.4 Å². The molecule has 1 aliphatic heterocycles. The Labute approximate surface area is 160 Å². The van der Waals surface area contributed by atoms with Crippen LogP contribution < -0.4 is 4.74 Å². The van der Waals surface area contributed by atoms with Gasteiger partial charge in [0.2, 0.25) is 0 Å². The first kappa shape index (κ1) is 18.2. The monoisotopic (exact) mass is 388 g/mol. The van der Waals surface area contributed by atoms with Crippen molar-refractivity contribution in [1.29, 1.82) is 0 Å². The number of carboxylic acids is 1. The molecule has 1 saturated heterocycles. The molecule has 0 atom stereocenters. The van der Waals surface area contributed by atoms with E-state index in [1.54, 1.807) is 13.2 Å². The minimum atomic E-state index is -1.10. The largest absolute Gasteiger partial charge is 0.497 e. The summed E-state index contributed by atoms with van der Waals surface area (Å²) in [5.74, 6) is -0.725. The molecule has 26 heavy (non-hydrogen) atoms. The molecular weight excluding hydrogens is 372 g/mol. The Hall–Kier alpha value is -2.58. The summed E-state index contributed by atoms with van der Waals surface area (Å²) in [5.41, 5.74) is 2.74. The van der Waals surface area contributed by atoms with Crippen LogP contribution in [0.15, 0.2) is 41.3 Å². The Morgan fingerprint density at radius 2 is 1.96 bits per heavy atom. The zero-order valence-corrected chi connectivity index (χ0v) is 15.8. The van der Waals surface area contributed by atoms with E-state index in [0.29, 0.717) is 4.91 Å². The minimum Gasteiger partial charge on any atom is -0.497 e. The molecule has 8 heteroatoms. The normalized spacial score (nSPS) is 15.8. The predicted octanol–water partition coefficient (Wildman–Crippen LogP) is 3.08. The Morgan fingerprint density at radius 1 is 1.27 bits per heavy atom. The zero-order chi connectivity index (χ0) is 18.8. The van der Waals surface area contributed by atoms with E-state index in [-0.39, 0.29) is 10.2 Å². The molecule has 0 radical (unpaired) electrons. The summed E-state index contributed by atoms with van der Waals surface area (Å²) in [5, 5.41) is 8.93. The third-order valence-electron chi connectivity index (χ3n) is 3.88. The van der Waals surface area contributed by atoms with Crippen molar-refractivity contribution in [2.45, 2.75) is 6.92 Å². The maximum atomic E-state index is 12.5. The lowest BCUT2D eigenvalue weighted by Crippen LogP contribution is -2.33. The number of nitrogens with zero attached hydrogens (tertiary/aromatic N) is 2. The van der Waals surface area contributed by atoms with Crippen LogP contribution in [0.25, 0.3) is 11.8 Å². The second-order valence-electron chi connectivity index (χ2n) is 5.59. The van der Waals surface area contributed by atoms with E-state index in [1.807, 2.05) is 47.9 Å². The van der Waals surface area contributed by atoms with Gasteiger partial charge in [0.25, 0.3) is 5.91 Å². The van der Waals surface area contributed by atoms with E-state index in [1.165, 1.54) is 0 Å². The Bertz CT molecular complexity index is 916. The standard InChI is InChI=1S/C18H16N2O4S2/c1-11-3-4-13(20(11)12-5-7-14(24-2)8-6-12)9-15-17(23)19(10-16(21)22)18(25)26-15/h3-9H,10H2,1-2H3,(H,21,22)/b15-9+. The molecule has 1 aromatic heterocycles. The van der Waals surface area contributed by atoms with Crippen LogP contribution in [0.4, 0.5) is 0 Å². The van der Waals surface area contributed by atoms with Gasteiger partial charge in [-0.15, -0.1) is 0 Å². The number of hydrogen-bond donors (Lipinski definition) is 1. The summed E-state index contributed by atoms with van der Waals surface area (Å²) in [6.07, 6.45) is 1.73. The van der Waals surface area contributed by atoms with Crippen molar-refractivity contribution >= 4 is 46.3 Å². The van der Waals surface area contributed by atoms with Gasteiger partial charge < -0.3 is 14.4 Å². The quantitative estimate of drug-likeness (QED) is 0.627. The van der Waals surface area contributed by atoms with E-state index in [0.717, 1.165) is 39.5 Å². The number of amides is 1. The number of aryl methyl sites for hydroxylation is 1. The number of carboxylic acid groups (broad SMARTS) is 1. The Balaban J connectivity index is 1.96. The number of benzene rings is 1. The molecule has 1 aromatic carbocycles. The number of hydrogen-bond acceptors (Lipinski definition) is 5. The molecule has 0 spiro atoms. The molecule has 0 unspecified atom stereocenters. The molecule has 0 saturated carbocycles. The molecule has 1 N–H and O–H groups in total. The van der Waals surface area contributed by atoms with Gasteiger partial charge >= 0.3 is 5.97 Å². The van der Waals surface area contributed by atoms with Crippen molar-refractivity contribution < 1.29 is 19.4 Å². The summed E-state index contributed by atoms with van der Waals surface area (Å²) < 4.78 is 7.44. The van der Waals surface area contributed by atoms with Gasteiger partial charge in [0.1, 0.15) is 16.6 Å². The summed E-state index contributed by atoms with van der Waals surface area (Å²) in [6, 6.07) is 11.4. The van der Waals surface area contributed by atoms with E-state index < -0.39 is 12.5 Å². The van der Waals surface area contributed by atoms with E-state index >= 15 is 0 Å². The molecule has 6 nitrogen and oxygen atoms in total. The number of rotatable bonds is 5. The van der Waals surface area contributed by atoms with Crippen LogP contribution in [0.5, 0.6) is 5.75 Å². The summed E-state index contributed by atoms with van der Waals surface area (Å²) in [6.45, 7) is 1.54. The number of aliphatic carboxylic acids is 1. The van der Waals surface area contributed by atoms with Crippen LogP contribution in [-0.2, 0) is 9.59 Å². The summed E-state index contributed by atoms with van der Waals surface area (Å²) in [4.78, 5) is 24.9. The van der Waals surface area contributed by atoms with Crippen molar-refractivity contribution in [2.24, 2.45) is 0 Å². The van der Waals surface area contributed by atoms with Gasteiger partial charge in [-0.2, -0.15) is 0 Å². The van der Waals surface area contributed by atoms with E-state index in [4.69, 9.17) is 22.1 Å². The first-order valence-corrected chi connectivity index (χ1v) is 8.93. The first-order valence-electron chi connectivity index (χ1n) is 7.70. The minimum absolute atomic E-state index is 0.253. The van der Waals surface area contributed by atoms with Crippen LogP contribution in [0, 0.1) is 6.92 Å². The number of carbonyl (C=O) groups excluding carboxylic acids is 1. The topological polar surface area (TPSA) is 71.8 Å². The highest BCUT2D eigenvalue weighted by atomic mass is 32.2. The molecule has 1 aliphatic rings. The second kappa shape index (κ2) is 7.35. The fraction of sp³-hybridized carbons (Fsp3) is 0.167.